The first-order valence-corrected chi connectivity index (χ1v) is 6.65. The van der Waals surface area contributed by atoms with Crippen molar-refractivity contribution in [1.82, 2.24) is 0 Å². The quantitative estimate of drug-likeness (QED) is 0.497. The molecule has 0 aliphatic heterocycles. The van der Waals surface area contributed by atoms with Crippen molar-refractivity contribution in [3.05, 3.63) is 46.5 Å². The van der Waals surface area contributed by atoms with E-state index in [4.69, 9.17) is 4.74 Å². The Morgan fingerprint density at radius 2 is 2.06 bits per heavy atom. The molecule has 0 amide bonds. The van der Waals surface area contributed by atoms with Crippen LogP contribution in [-0.4, -0.2) is 17.7 Å². The van der Waals surface area contributed by atoms with E-state index in [0.717, 1.165) is 17.3 Å². The Balaban J connectivity index is 2.60. The van der Waals surface area contributed by atoms with Crippen LogP contribution in [0.25, 0.3) is 0 Å². The van der Waals surface area contributed by atoms with Gasteiger partial charge in [-0.3, -0.25) is 0 Å². The molecule has 0 saturated heterocycles. The Hall–Kier alpha value is -1.13. The summed E-state index contributed by atoms with van der Waals surface area (Å²) in [6.07, 6.45) is 0.745. The van der Waals surface area contributed by atoms with Gasteiger partial charge in [0.05, 0.1) is 12.2 Å². The van der Waals surface area contributed by atoms with E-state index in [1.165, 1.54) is 0 Å². The molecule has 0 saturated carbocycles. The summed E-state index contributed by atoms with van der Waals surface area (Å²) in [5, 5.41) is 9.99. The number of carbonyl (C=O) groups excluding carboxylic acids is 1. The molecule has 0 aliphatic rings. The molecule has 3 nitrogen and oxygen atoms in total. The fraction of sp³-hybridized carbons (Fsp3) is 0.357. The normalized spacial score (nSPS) is 11.9. The minimum Gasteiger partial charge on any atom is -0.462 e. The highest BCUT2D eigenvalue weighted by molar-refractivity contribution is 9.10. The molecule has 1 aromatic carbocycles. The summed E-state index contributed by atoms with van der Waals surface area (Å²) in [5.41, 5.74) is 0.684. The first kappa shape index (κ1) is 14.9. The number of ether oxygens (including phenoxy) is 1. The molecule has 0 fully saturated rings. The van der Waals surface area contributed by atoms with E-state index < -0.39 is 12.1 Å². The van der Waals surface area contributed by atoms with Crippen LogP contribution in [0, 0.1) is 0 Å². The van der Waals surface area contributed by atoms with Gasteiger partial charge in [0, 0.05) is 4.47 Å². The van der Waals surface area contributed by atoms with Gasteiger partial charge in [0.25, 0.3) is 0 Å². The van der Waals surface area contributed by atoms with Gasteiger partial charge >= 0.3 is 5.97 Å². The van der Waals surface area contributed by atoms with Gasteiger partial charge in [0.1, 0.15) is 6.10 Å². The smallest absolute Gasteiger partial charge is 0.336 e. The molecule has 0 unspecified atom stereocenters. The lowest BCUT2D eigenvalue weighted by Gasteiger charge is -2.13. The number of esters is 1. The Morgan fingerprint density at radius 1 is 1.44 bits per heavy atom. The molecule has 1 N–H and O–H groups in total. The van der Waals surface area contributed by atoms with Crippen molar-refractivity contribution < 1.29 is 14.6 Å². The third-order valence-electron chi connectivity index (χ3n) is 2.51. The van der Waals surface area contributed by atoms with Gasteiger partial charge in [-0.1, -0.05) is 48.0 Å². The second kappa shape index (κ2) is 7.34. The maximum absolute atomic E-state index is 11.6. The Morgan fingerprint density at radius 3 is 2.61 bits per heavy atom. The topological polar surface area (TPSA) is 46.5 Å². The van der Waals surface area contributed by atoms with Gasteiger partial charge in [-0.05, 0) is 24.1 Å². The molecule has 1 rings (SSSR count). The highest BCUT2D eigenvalue weighted by Gasteiger charge is 2.19. The second-order valence-electron chi connectivity index (χ2n) is 3.97. The average Bonchev–Trinajstić information content (AvgIpc) is 2.38. The molecule has 4 heteroatoms. The van der Waals surface area contributed by atoms with E-state index in [1.54, 1.807) is 24.3 Å². The molecule has 98 valence electrons. The third kappa shape index (κ3) is 4.27. The van der Waals surface area contributed by atoms with E-state index in [9.17, 15) is 9.90 Å². The number of benzene rings is 1. The molecular formula is C14H17BrO3. The Kier molecular flexibility index (Phi) is 6.09. The number of hydrogen-bond acceptors (Lipinski definition) is 3. The molecule has 0 aliphatic carbocycles. The summed E-state index contributed by atoms with van der Waals surface area (Å²) in [6.45, 7) is 5.97. The highest BCUT2D eigenvalue weighted by atomic mass is 79.9. The molecule has 0 spiro atoms. The number of aliphatic hydroxyl groups excluding tert-OH is 1. The third-order valence-corrected chi connectivity index (χ3v) is 3.04. The number of rotatable bonds is 6. The first-order valence-electron chi connectivity index (χ1n) is 5.85. The minimum atomic E-state index is -1.02. The van der Waals surface area contributed by atoms with Crippen LogP contribution in [0.1, 0.15) is 31.4 Å². The summed E-state index contributed by atoms with van der Waals surface area (Å²) in [6, 6.07) is 7.07. The van der Waals surface area contributed by atoms with Gasteiger partial charge in [-0.15, -0.1) is 0 Å². The molecule has 18 heavy (non-hydrogen) atoms. The standard InChI is InChI=1S/C14H17BrO3/c1-3-4-9-18-14(17)10(2)13(16)11-5-7-12(15)8-6-11/h5-8,13,16H,2-4,9H2,1H3/t13-/m0/s1. The average molecular weight is 313 g/mol. The highest BCUT2D eigenvalue weighted by Crippen LogP contribution is 2.23. The van der Waals surface area contributed by atoms with Crippen molar-refractivity contribution in [2.45, 2.75) is 25.9 Å². The van der Waals surface area contributed by atoms with Gasteiger partial charge in [-0.25, -0.2) is 4.79 Å². The molecular weight excluding hydrogens is 296 g/mol. The summed E-state index contributed by atoms with van der Waals surface area (Å²) in [4.78, 5) is 11.6. The van der Waals surface area contributed by atoms with Gasteiger partial charge < -0.3 is 9.84 Å². The van der Waals surface area contributed by atoms with Crippen LogP contribution < -0.4 is 0 Å². The lowest BCUT2D eigenvalue weighted by atomic mass is 10.0. The van der Waals surface area contributed by atoms with Crippen molar-refractivity contribution >= 4 is 21.9 Å². The maximum Gasteiger partial charge on any atom is 0.336 e. The number of carbonyl (C=O) groups is 1. The van der Waals surface area contributed by atoms with Crippen LogP contribution in [0.15, 0.2) is 40.9 Å². The van der Waals surface area contributed by atoms with Crippen LogP contribution in [-0.2, 0) is 9.53 Å². The fourth-order valence-corrected chi connectivity index (χ4v) is 1.62. The van der Waals surface area contributed by atoms with Crippen molar-refractivity contribution in [3.63, 3.8) is 0 Å². The first-order chi connectivity index (χ1) is 8.56. The SMILES string of the molecule is C=C(C(=O)OCCCC)[C@H](O)c1ccc(Br)cc1. The van der Waals surface area contributed by atoms with Crippen molar-refractivity contribution in [2.75, 3.05) is 6.61 Å². The van der Waals surface area contributed by atoms with E-state index in [2.05, 4.69) is 22.5 Å². The zero-order valence-electron chi connectivity index (χ0n) is 10.4. The zero-order valence-corrected chi connectivity index (χ0v) is 11.9. The summed E-state index contributed by atoms with van der Waals surface area (Å²) in [7, 11) is 0. The van der Waals surface area contributed by atoms with Crippen LogP contribution in [0.2, 0.25) is 0 Å². The van der Waals surface area contributed by atoms with Gasteiger partial charge in [-0.2, -0.15) is 0 Å². The number of hydrogen-bond donors (Lipinski definition) is 1. The molecule has 0 aromatic heterocycles. The Labute approximate surface area is 116 Å². The van der Waals surface area contributed by atoms with Gasteiger partial charge in [0.15, 0.2) is 0 Å². The van der Waals surface area contributed by atoms with E-state index in [0.29, 0.717) is 12.2 Å². The van der Waals surface area contributed by atoms with Crippen LogP contribution in [0.4, 0.5) is 0 Å². The fourth-order valence-electron chi connectivity index (χ4n) is 1.36. The predicted molar refractivity (Wildman–Crippen MR) is 74.1 cm³/mol. The van der Waals surface area contributed by atoms with Crippen molar-refractivity contribution in [2.24, 2.45) is 0 Å². The van der Waals surface area contributed by atoms with Crippen molar-refractivity contribution in [3.8, 4) is 0 Å². The monoisotopic (exact) mass is 312 g/mol. The largest absolute Gasteiger partial charge is 0.462 e. The summed E-state index contributed by atoms with van der Waals surface area (Å²) < 4.78 is 5.91. The van der Waals surface area contributed by atoms with Crippen LogP contribution in [0.3, 0.4) is 0 Å². The van der Waals surface area contributed by atoms with E-state index in [1.807, 2.05) is 6.92 Å². The minimum absolute atomic E-state index is 0.0634. The van der Waals surface area contributed by atoms with Crippen LogP contribution >= 0.6 is 15.9 Å². The molecule has 0 bridgehead atoms. The van der Waals surface area contributed by atoms with E-state index >= 15 is 0 Å². The van der Waals surface area contributed by atoms with Gasteiger partial charge in [0.2, 0.25) is 0 Å². The molecule has 1 aromatic rings. The van der Waals surface area contributed by atoms with E-state index in [-0.39, 0.29) is 5.57 Å². The summed E-state index contributed by atoms with van der Waals surface area (Å²) in [5.74, 6) is -0.543. The zero-order chi connectivity index (χ0) is 13.5. The maximum atomic E-state index is 11.6. The number of unbranched alkanes of at least 4 members (excludes halogenated alkanes) is 1. The molecule has 1 atom stereocenters. The number of aliphatic hydroxyl groups is 1. The molecule has 0 heterocycles. The number of halogens is 1. The Bertz CT molecular complexity index is 412. The lowest BCUT2D eigenvalue weighted by Crippen LogP contribution is -2.14. The summed E-state index contributed by atoms with van der Waals surface area (Å²) >= 11 is 3.31. The molecule has 0 radical (unpaired) electrons. The predicted octanol–water partition coefficient (Wildman–Crippen LogP) is 3.38. The van der Waals surface area contributed by atoms with Crippen LogP contribution in [0.5, 0.6) is 0 Å². The van der Waals surface area contributed by atoms with Crippen molar-refractivity contribution in [1.29, 1.82) is 0 Å². The second-order valence-corrected chi connectivity index (χ2v) is 4.88. The lowest BCUT2D eigenvalue weighted by molar-refractivity contribution is -0.140.